The van der Waals surface area contributed by atoms with Gasteiger partial charge in [-0.25, -0.2) is 4.98 Å². The van der Waals surface area contributed by atoms with E-state index in [0.717, 1.165) is 16.5 Å². The Morgan fingerprint density at radius 1 is 1.24 bits per heavy atom. The van der Waals surface area contributed by atoms with Gasteiger partial charge in [-0.15, -0.1) is 0 Å². The van der Waals surface area contributed by atoms with Crippen molar-refractivity contribution in [2.75, 3.05) is 0 Å². The first-order valence-corrected chi connectivity index (χ1v) is 5.93. The van der Waals surface area contributed by atoms with Crippen molar-refractivity contribution in [1.29, 1.82) is 5.26 Å². The summed E-state index contributed by atoms with van der Waals surface area (Å²) in [7, 11) is 0. The summed E-state index contributed by atoms with van der Waals surface area (Å²) in [6.45, 7) is 4.15. The number of pyridine rings is 1. The van der Waals surface area contributed by atoms with Crippen LogP contribution in [-0.2, 0) is 6.42 Å². The Hall–Kier alpha value is -1.59. The Kier molecular flexibility index (Phi) is 3.31. The van der Waals surface area contributed by atoms with E-state index in [1.165, 1.54) is 11.1 Å². The zero-order chi connectivity index (χ0) is 12.4. The molecule has 3 heteroatoms. The summed E-state index contributed by atoms with van der Waals surface area (Å²) in [6, 6.07) is 8.32. The van der Waals surface area contributed by atoms with Crippen molar-refractivity contribution < 1.29 is 0 Å². The Morgan fingerprint density at radius 3 is 2.65 bits per heavy atom. The molecule has 1 heterocycles. The summed E-state index contributed by atoms with van der Waals surface area (Å²) in [4.78, 5) is 4.39. The average Bonchev–Trinajstić information content (AvgIpc) is 2.29. The van der Waals surface area contributed by atoms with E-state index in [4.69, 9.17) is 16.9 Å². The lowest BCUT2D eigenvalue weighted by atomic mass is 10.0. The molecule has 0 atom stereocenters. The van der Waals surface area contributed by atoms with Gasteiger partial charge in [0.2, 0.25) is 0 Å². The number of halogens is 1. The van der Waals surface area contributed by atoms with Crippen LogP contribution in [0.3, 0.4) is 0 Å². The SMILES string of the molecule is Cc1cc2cc(CCC#N)c(Cl)nc2cc1C. The summed E-state index contributed by atoms with van der Waals surface area (Å²) in [5, 5.41) is 10.2. The second kappa shape index (κ2) is 4.73. The highest BCUT2D eigenvalue weighted by atomic mass is 35.5. The van der Waals surface area contributed by atoms with Gasteiger partial charge in [0.25, 0.3) is 0 Å². The van der Waals surface area contributed by atoms with Crippen LogP contribution in [0.4, 0.5) is 0 Å². The van der Waals surface area contributed by atoms with E-state index >= 15 is 0 Å². The highest BCUT2D eigenvalue weighted by Gasteiger charge is 2.06. The van der Waals surface area contributed by atoms with Crippen LogP contribution < -0.4 is 0 Å². The molecule has 0 spiro atoms. The number of aromatic nitrogens is 1. The quantitative estimate of drug-likeness (QED) is 0.750. The molecular formula is C14H13ClN2. The molecule has 0 fully saturated rings. The van der Waals surface area contributed by atoms with Crippen molar-refractivity contribution >= 4 is 22.5 Å². The van der Waals surface area contributed by atoms with Crippen LogP contribution in [0.5, 0.6) is 0 Å². The van der Waals surface area contributed by atoms with Gasteiger partial charge in [-0.05, 0) is 55.2 Å². The highest BCUT2D eigenvalue weighted by molar-refractivity contribution is 6.30. The maximum Gasteiger partial charge on any atom is 0.133 e. The van der Waals surface area contributed by atoms with Gasteiger partial charge in [0, 0.05) is 11.8 Å². The Labute approximate surface area is 106 Å². The zero-order valence-electron chi connectivity index (χ0n) is 9.92. The molecule has 0 N–H and O–H groups in total. The standard InChI is InChI=1S/C14H13ClN2/c1-9-6-12-8-11(4-3-5-16)14(15)17-13(12)7-10(9)2/h6-8H,3-4H2,1-2H3. The fourth-order valence-electron chi connectivity index (χ4n) is 1.83. The largest absolute Gasteiger partial charge is 0.236 e. The number of nitrogens with zero attached hydrogens (tertiary/aromatic N) is 2. The third-order valence-electron chi connectivity index (χ3n) is 2.96. The van der Waals surface area contributed by atoms with Crippen molar-refractivity contribution in [1.82, 2.24) is 4.98 Å². The molecule has 1 aromatic carbocycles. The fraction of sp³-hybridized carbons (Fsp3) is 0.286. The summed E-state index contributed by atoms with van der Waals surface area (Å²) in [6.07, 6.45) is 1.13. The topological polar surface area (TPSA) is 36.7 Å². The molecule has 0 aliphatic heterocycles. The normalized spacial score (nSPS) is 10.5. The number of rotatable bonds is 2. The van der Waals surface area contributed by atoms with E-state index in [-0.39, 0.29) is 0 Å². The van der Waals surface area contributed by atoms with Crippen LogP contribution in [0.1, 0.15) is 23.1 Å². The van der Waals surface area contributed by atoms with Gasteiger partial charge < -0.3 is 0 Å². The van der Waals surface area contributed by atoms with Crippen LogP contribution >= 0.6 is 11.6 Å². The molecule has 2 nitrogen and oxygen atoms in total. The number of hydrogen-bond donors (Lipinski definition) is 0. The van der Waals surface area contributed by atoms with Gasteiger partial charge in [0.15, 0.2) is 0 Å². The molecule has 0 aliphatic rings. The van der Waals surface area contributed by atoms with E-state index in [9.17, 15) is 0 Å². The minimum atomic E-state index is 0.470. The molecule has 0 saturated heterocycles. The zero-order valence-corrected chi connectivity index (χ0v) is 10.7. The molecule has 86 valence electrons. The second-order valence-electron chi connectivity index (χ2n) is 4.23. The third-order valence-corrected chi connectivity index (χ3v) is 3.29. The van der Waals surface area contributed by atoms with Gasteiger partial charge in [0.05, 0.1) is 11.6 Å². The lowest BCUT2D eigenvalue weighted by Gasteiger charge is -2.07. The predicted octanol–water partition coefficient (Wildman–Crippen LogP) is 3.96. The van der Waals surface area contributed by atoms with Crippen LogP contribution in [0.15, 0.2) is 18.2 Å². The number of hydrogen-bond acceptors (Lipinski definition) is 2. The number of nitriles is 1. The Balaban J connectivity index is 2.56. The minimum absolute atomic E-state index is 0.470. The third kappa shape index (κ3) is 2.40. The first-order chi connectivity index (χ1) is 8.11. The van der Waals surface area contributed by atoms with Crippen molar-refractivity contribution in [2.24, 2.45) is 0 Å². The lowest BCUT2D eigenvalue weighted by Crippen LogP contribution is -1.92. The van der Waals surface area contributed by atoms with Crippen molar-refractivity contribution in [3.63, 3.8) is 0 Å². The van der Waals surface area contributed by atoms with Gasteiger partial charge in [-0.3, -0.25) is 0 Å². The van der Waals surface area contributed by atoms with Crippen LogP contribution in [0.25, 0.3) is 10.9 Å². The minimum Gasteiger partial charge on any atom is -0.236 e. The average molecular weight is 245 g/mol. The van der Waals surface area contributed by atoms with Crippen LogP contribution in [0, 0.1) is 25.2 Å². The first-order valence-electron chi connectivity index (χ1n) is 5.55. The van der Waals surface area contributed by atoms with Crippen LogP contribution in [-0.4, -0.2) is 4.98 Å². The molecule has 0 bridgehead atoms. The maximum atomic E-state index is 8.60. The van der Waals surface area contributed by atoms with E-state index < -0.39 is 0 Å². The number of benzene rings is 1. The fourth-order valence-corrected chi connectivity index (χ4v) is 2.07. The van der Waals surface area contributed by atoms with Crippen molar-refractivity contribution in [2.45, 2.75) is 26.7 Å². The smallest absolute Gasteiger partial charge is 0.133 e. The van der Waals surface area contributed by atoms with Crippen molar-refractivity contribution in [3.05, 3.63) is 40.0 Å². The Morgan fingerprint density at radius 2 is 1.94 bits per heavy atom. The van der Waals surface area contributed by atoms with Gasteiger partial charge in [0.1, 0.15) is 5.15 Å². The summed E-state index contributed by atoms with van der Waals surface area (Å²) >= 11 is 6.11. The Bertz CT molecular complexity index is 612. The number of aryl methyl sites for hydroxylation is 3. The molecule has 0 radical (unpaired) electrons. The molecule has 17 heavy (non-hydrogen) atoms. The summed E-state index contributed by atoms with van der Waals surface area (Å²) in [5.74, 6) is 0. The summed E-state index contributed by atoms with van der Waals surface area (Å²) in [5.41, 5.74) is 4.32. The van der Waals surface area contributed by atoms with E-state index in [1.54, 1.807) is 0 Å². The molecule has 2 aromatic rings. The van der Waals surface area contributed by atoms with Gasteiger partial charge in [-0.2, -0.15) is 5.26 Å². The van der Waals surface area contributed by atoms with E-state index in [0.29, 0.717) is 18.0 Å². The molecule has 0 unspecified atom stereocenters. The lowest BCUT2D eigenvalue weighted by molar-refractivity contribution is 1.00. The molecule has 0 amide bonds. The monoisotopic (exact) mass is 244 g/mol. The molecule has 0 aliphatic carbocycles. The highest BCUT2D eigenvalue weighted by Crippen LogP contribution is 2.24. The summed E-state index contributed by atoms with van der Waals surface area (Å²) < 4.78 is 0. The predicted molar refractivity (Wildman–Crippen MR) is 70.2 cm³/mol. The molecular weight excluding hydrogens is 232 g/mol. The van der Waals surface area contributed by atoms with E-state index in [1.807, 2.05) is 12.1 Å². The first kappa shape index (κ1) is 11.9. The molecule has 2 rings (SSSR count). The molecule has 0 saturated carbocycles. The van der Waals surface area contributed by atoms with E-state index in [2.05, 4.69) is 31.0 Å². The van der Waals surface area contributed by atoms with Crippen molar-refractivity contribution in [3.8, 4) is 6.07 Å². The van der Waals surface area contributed by atoms with Gasteiger partial charge >= 0.3 is 0 Å². The number of fused-ring (bicyclic) bond motifs is 1. The van der Waals surface area contributed by atoms with Gasteiger partial charge in [-0.1, -0.05) is 11.6 Å². The van der Waals surface area contributed by atoms with Crippen LogP contribution in [0.2, 0.25) is 5.15 Å². The molecule has 1 aromatic heterocycles. The maximum absolute atomic E-state index is 8.60. The second-order valence-corrected chi connectivity index (χ2v) is 4.58.